The van der Waals surface area contributed by atoms with Gasteiger partial charge in [-0.25, -0.2) is 0 Å². The molecule has 0 unspecified atom stereocenters. The number of anilines is 1. The lowest BCUT2D eigenvalue weighted by molar-refractivity contribution is 0.0955. The van der Waals surface area contributed by atoms with Crippen molar-refractivity contribution in [1.82, 2.24) is 5.32 Å². The molecule has 0 bridgehead atoms. The summed E-state index contributed by atoms with van der Waals surface area (Å²) in [7, 11) is 0. The van der Waals surface area contributed by atoms with Crippen molar-refractivity contribution >= 4 is 35.0 Å². The fraction of sp³-hybridized carbons (Fsp3) is 0.250. The van der Waals surface area contributed by atoms with Gasteiger partial charge in [0.1, 0.15) is 5.75 Å². The van der Waals surface area contributed by atoms with E-state index in [1.807, 2.05) is 62.4 Å². The highest BCUT2D eigenvalue weighted by molar-refractivity contribution is 7.99. The summed E-state index contributed by atoms with van der Waals surface area (Å²) in [6.07, 6.45) is 5.18. The van der Waals surface area contributed by atoms with Gasteiger partial charge in [-0.3, -0.25) is 14.6 Å². The largest absolute Gasteiger partial charge is 0.494 e. The molecule has 1 heterocycles. The topological polar surface area (TPSA) is 104 Å². The summed E-state index contributed by atoms with van der Waals surface area (Å²) >= 11 is 1.51. The highest BCUT2D eigenvalue weighted by Gasteiger charge is 2.20. The molecule has 0 spiro atoms. The molecule has 0 aliphatic carbocycles. The first-order valence-electron chi connectivity index (χ1n) is 13.3. The molecule has 0 saturated carbocycles. The third-order valence-electron chi connectivity index (χ3n) is 6.32. The molecular weight excluding hydrogens is 520 g/mol. The third kappa shape index (κ3) is 7.84. The van der Waals surface area contributed by atoms with Gasteiger partial charge in [0, 0.05) is 40.2 Å². The first-order valence-corrected chi connectivity index (χ1v) is 14.1. The van der Waals surface area contributed by atoms with Crippen LogP contribution < -0.4 is 15.4 Å². The summed E-state index contributed by atoms with van der Waals surface area (Å²) in [4.78, 5) is 31.8. The Labute approximate surface area is 239 Å². The molecule has 0 aromatic heterocycles. The number of aliphatic imine (C=N–C) groups is 1. The molecule has 204 valence electrons. The Morgan fingerprint density at radius 3 is 2.60 bits per heavy atom. The van der Waals surface area contributed by atoms with E-state index in [-0.39, 0.29) is 11.8 Å². The standard InChI is InChI=1S/C32H32N4O3S/c1-22(20-34-23(2)24-11-14-26(15-12-24)39-18-8-4-3-7-17-33)21-35-31(37)25-13-16-30-28(19-25)36-32(38)27-9-5-6-10-29(27)40-30/h5-6,9-16,19-20H,3-4,7-8,18,21H2,1-2H3,(H,35,37)(H,36,38)/b22-20+,34-23+. The molecule has 3 aromatic rings. The zero-order chi connectivity index (χ0) is 28.3. The van der Waals surface area contributed by atoms with Gasteiger partial charge < -0.3 is 15.4 Å². The van der Waals surface area contributed by atoms with Crippen molar-refractivity contribution in [2.45, 2.75) is 49.3 Å². The van der Waals surface area contributed by atoms with Crippen LogP contribution in [0, 0.1) is 11.3 Å². The fourth-order valence-electron chi connectivity index (χ4n) is 4.02. The van der Waals surface area contributed by atoms with E-state index < -0.39 is 0 Å². The Kier molecular flexibility index (Phi) is 10.1. The Hall–Kier alpha value is -4.35. The maximum atomic E-state index is 12.8. The Morgan fingerprint density at radius 2 is 1.80 bits per heavy atom. The quantitative estimate of drug-likeness (QED) is 0.197. The second kappa shape index (κ2) is 14.2. The van der Waals surface area contributed by atoms with Crippen LogP contribution in [0.5, 0.6) is 5.75 Å². The van der Waals surface area contributed by atoms with Gasteiger partial charge in [-0.2, -0.15) is 5.26 Å². The summed E-state index contributed by atoms with van der Waals surface area (Å²) in [5, 5.41) is 14.4. The predicted molar refractivity (Wildman–Crippen MR) is 159 cm³/mol. The zero-order valence-electron chi connectivity index (χ0n) is 22.7. The van der Waals surface area contributed by atoms with E-state index in [1.165, 1.54) is 11.8 Å². The monoisotopic (exact) mass is 552 g/mol. The van der Waals surface area contributed by atoms with Crippen LogP contribution in [0.15, 0.2) is 93.3 Å². The molecule has 0 saturated heterocycles. The summed E-state index contributed by atoms with van der Waals surface area (Å²) in [5.41, 5.74) is 4.46. The number of nitriles is 1. The Bertz CT molecular complexity index is 1470. The van der Waals surface area contributed by atoms with Crippen molar-refractivity contribution < 1.29 is 14.3 Å². The lowest BCUT2D eigenvalue weighted by Gasteiger charge is -2.10. The van der Waals surface area contributed by atoms with Gasteiger partial charge in [0.2, 0.25) is 0 Å². The van der Waals surface area contributed by atoms with E-state index in [2.05, 4.69) is 21.7 Å². The minimum atomic E-state index is -0.224. The van der Waals surface area contributed by atoms with Crippen molar-refractivity contribution in [3.8, 4) is 11.8 Å². The van der Waals surface area contributed by atoms with Crippen LogP contribution in [0.2, 0.25) is 0 Å². The second-order valence-electron chi connectivity index (χ2n) is 9.48. The van der Waals surface area contributed by atoms with E-state index >= 15 is 0 Å². The summed E-state index contributed by atoms with van der Waals surface area (Å²) in [5.74, 6) is 0.404. The van der Waals surface area contributed by atoms with Crippen molar-refractivity contribution in [2.75, 3.05) is 18.5 Å². The fourth-order valence-corrected chi connectivity index (χ4v) is 5.03. The molecule has 4 rings (SSSR count). The molecule has 3 aromatic carbocycles. The normalized spacial score (nSPS) is 12.9. The minimum absolute atomic E-state index is 0.183. The predicted octanol–water partition coefficient (Wildman–Crippen LogP) is 7.01. The van der Waals surface area contributed by atoms with Crippen LogP contribution in [0.1, 0.15) is 65.8 Å². The molecule has 0 fully saturated rings. The number of carbonyl (C=O) groups excluding carboxylic acids is 2. The van der Waals surface area contributed by atoms with Gasteiger partial charge in [-0.15, -0.1) is 0 Å². The average molecular weight is 553 g/mol. The molecule has 1 aliphatic heterocycles. The molecule has 0 atom stereocenters. The van der Waals surface area contributed by atoms with Gasteiger partial charge in [-0.1, -0.05) is 23.9 Å². The van der Waals surface area contributed by atoms with Crippen LogP contribution in [-0.2, 0) is 0 Å². The van der Waals surface area contributed by atoms with Crippen molar-refractivity contribution in [3.63, 3.8) is 0 Å². The number of fused-ring (bicyclic) bond motifs is 2. The summed E-state index contributed by atoms with van der Waals surface area (Å²) < 4.78 is 5.77. The third-order valence-corrected chi connectivity index (χ3v) is 7.47. The lowest BCUT2D eigenvalue weighted by atomic mass is 10.1. The number of unbranched alkanes of at least 4 members (excludes halogenated alkanes) is 3. The molecule has 8 heteroatoms. The molecule has 7 nitrogen and oxygen atoms in total. The SMILES string of the molecule is C/C(=C\N=C(/C)c1ccc(OCCCCCC#N)cc1)CNC(=O)c1ccc2c(c1)NC(=O)c1ccccc1S2. The number of nitrogens with one attached hydrogen (secondary N) is 2. The smallest absolute Gasteiger partial charge is 0.256 e. The Balaban J connectivity index is 1.28. The molecule has 2 N–H and O–H groups in total. The first kappa shape index (κ1) is 28.7. The number of hydrogen-bond acceptors (Lipinski definition) is 6. The van der Waals surface area contributed by atoms with Crippen LogP contribution in [-0.4, -0.2) is 30.7 Å². The number of rotatable bonds is 11. The van der Waals surface area contributed by atoms with E-state index in [4.69, 9.17) is 10.00 Å². The number of amides is 2. The highest BCUT2D eigenvalue weighted by atomic mass is 32.2. The van der Waals surface area contributed by atoms with Crippen LogP contribution in [0.4, 0.5) is 5.69 Å². The maximum Gasteiger partial charge on any atom is 0.256 e. The van der Waals surface area contributed by atoms with Crippen molar-refractivity contribution in [2.24, 2.45) is 4.99 Å². The van der Waals surface area contributed by atoms with Crippen molar-refractivity contribution in [1.29, 1.82) is 5.26 Å². The maximum absolute atomic E-state index is 12.8. The summed E-state index contributed by atoms with van der Waals surface area (Å²) in [6.45, 7) is 4.84. The van der Waals surface area contributed by atoms with E-state index in [0.29, 0.717) is 36.4 Å². The van der Waals surface area contributed by atoms with Crippen LogP contribution in [0.3, 0.4) is 0 Å². The van der Waals surface area contributed by atoms with Gasteiger partial charge in [0.15, 0.2) is 0 Å². The first-order chi connectivity index (χ1) is 19.4. The van der Waals surface area contributed by atoms with E-state index in [9.17, 15) is 9.59 Å². The number of hydrogen-bond donors (Lipinski definition) is 2. The highest BCUT2D eigenvalue weighted by Crippen LogP contribution is 2.39. The minimum Gasteiger partial charge on any atom is -0.494 e. The Morgan fingerprint density at radius 1 is 1.02 bits per heavy atom. The molecule has 0 radical (unpaired) electrons. The molecule has 1 aliphatic rings. The number of nitrogens with zero attached hydrogens (tertiary/aromatic N) is 2. The summed E-state index contributed by atoms with van der Waals surface area (Å²) in [6, 6.07) is 22.8. The lowest BCUT2D eigenvalue weighted by Crippen LogP contribution is -2.25. The van der Waals surface area contributed by atoms with Gasteiger partial charge in [0.25, 0.3) is 11.8 Å². The molecule has 2 amide bonds. The zero-order valence-corrected chi connectivity index (χ0v) is 23.5. The van der Waals surface area contributed by atoms with E-state index in [0.717, 1.165) is 51.7 Å². The molecule has 40 heavy (non-hydrogen) atoms. The second-order valence-corrected chi connectivity index (χ2v) is 10.6. The number of benzene rings is 3. The van der Waals surface area contributed by atoms with Gasteiger partial charge >= 0.3 is 0 Å². The average Bonchev–Trinajstić information content (AvgIpc) is 3.11. The van der Waals surface area contributed by atoms with E-state index in [1.54, 1.807) is 24.4 Å². The number of carbonyl (C=O) groups is 2. The van der Waals surface area contributed by atoms with Gasteiger partial charge in [0.05, 0.1) is 23.9 Å². The molecular formula is C32H32N4O3S. The van der Waals surface area contributed by atoms with Gasteiger partial charge in [-0.05, 0) is 98.8 Å². The van der Waals surface area contributed by atoms with Crippen molar-refractivity contribution in [3.05, 3.63) is 95.2 Å². The number of ether oxygens (including phenoxy) is 1. The van der Waals surface area contributed by atoms with Crippen LogP contribution >= 0.6 is 11.8 Å². The van der Waals surface area contributed by atoms with Crippen LogP contribution in [0.25, 0.3) is 0 Å².